The number of amides is 2. The van der Waals surface area contributed by atoms with Gasteiger partial charge in [0.2, 0.25) is 11.8 Å². The second kappa shape index (κ2) is 4.31. The van der Waals surface area contributed by atoms with E-state index in [0.717, 1.165) is 5.56 Å². The summed E-state index contributed by atoms with van der Waals surface area (Å²) < 4.78 is 1.64. The Labute approximate surface area is 108 Å². The summed E-state index contributed by atoms with van der Waals surface area (Å²) in [5.74, 6) is -0.951. The zero-order chi connectivity index (χ0) is 13.4. The van der Waals surface area contributed by atoms with Gasteiger partial charge in [0.05, 0.1) is 12.1 Å². The van der Waals surface area contributed by atoms with Crippen LogP contribution in [0.25, 0.3) is 5.65 Å². The maximum absolute atomic E-state index is 11.9. The van der Waals surface area contributed by atoms with Gasteiger partial charge < -0.3 is 0 Å². The number of piperidine rings is 1. The Morgan fingerprint density at radius 3 is 3.00 bits per heavy atom. The smallest absolute Gasteiger partial charge is 0.234 e. The third-order valence-electron chi connectivity index (χ3n) is 3.33. The summed E-state index contributed by atoms with van der Waals surface area (Å²) in [5.41, 5.74) is 1.75. The number of hydrogen-bond acceptors (Lipinski definition) is 4. The van der Waals surface area contributed by atoms with E-state index in [2.05, 4.69) is 10.3 Å². The van der Waals surface area contributed by atoms with E-state index in [9.17, 15) is 14.4 Å². The van der Waals surface area contributed by atoms with E-state index in [0.29, 0.717) is 30.5 Å². The number of carbonyl (C=O) groups is 3. The molecule has 1 fully saturated rings. The van der Waals surface area contributed by atoms with Crippen LogP contribution in [0.2, 0.25) is 0 Å². The number of rotatable bonds is 2. The molecule has 2 aromatic rings. The molecule has 1 atom stereocenters. The number of imide groups is 1. The van der Waals surface area contributed by atoms with Crippen LogP contribution >= 0.6 is 0 Å². The Hall–Kier alpha value is -2.50. The van der Waals surface area contributed by atoms with Crippen LogP contribution in [0.3, 0.4) is 0 Å². The summed E-state index contributed by atoms with van der Waals surface area (Å²) in [5, 5.41) is 2.33. The van der Waals surface area contributed by atoms with Crippen molar-refractivity contribution in [1.82, 2.24) is 14.7 Å². The van der Waals surface area contributed by atoms with Crippen molar-refractivity contribution in [2.75, 3.05) is 0 Å². The summed E-state index contributed by atoms with van der Waals surface area (Å²) in [6, 6.07) is 3.57. The number of hydrogen-bond donors (Lipinski definition) is 1. The third kappa shape index (κ3) is 1.81. The minimum Gasteiger partial charge on any atom is -0.297 e. The van der Waals surface area contributed by atoms with Gasteiger partial charge in [-0.2, -0.15) is 0 Å². The quantitative estimate of drug-likeness (QED) is 0.633. The highest BCUT2D eigenvalue weighted by atomic mass is 16.2. The van der Waals surface area contributed by atoms with Gasteiger partial charge in [-0.25, -0.2) is 4.98 Å². The minimum atomic E-state index is -0.400. The molecule has 0 aromatic carbocycles. The van der Waals surface area contributed by atoms with Gasteiger partial charge in [-0.3, -0.25) is 24.1 Å². The van der Waals surface area contributed by atoms with Crippen LogP contribution in [-0.2, 0) is 9.59 Å². The minimum absolute atomic E-state index is 0.245. The van der Waals surface area contributed by atoms with E-state index < -0.39 is 5.92 Å². The highest BCUT2D eigenvalue weighted by Crippen LogP contribution is 2.27. The van der Waals surface area contributed by atoms with Gasteiger partial charge in [0, 0.05) is 18.2 Å². The van der Waals surface area contributed by atoms with Gasteiger partial charge in [-0.1, -0.05) is 6.07 Å². The Kier molecular flexibility index (Phi) is 2.63. The number of pyridine rings is 1. The highest BCUT2D eigenvalue weighted by Gasteiger charge is 2.29. The van der Waals surface area contributed by atoms with Crippen LogP contribution in [-0.4, -0.2) is 27.5 Å². The lowest BCUT2D eigenvalue weighted by Gasteiger charge is -2.21. The largest absolute Gasteiger partial charge is 0.297 e. The molecule has 1 aliphatic heterocycles. The maximum atomic E-state index is 11.9. The predicted molar refractivity (Wildman–Crippen MR) is 65.7 cm³/mol. The number of imidazole rings is 1. The first kappa shape index (κ1) is 11.6. The summed E-state index contributed by atoms with van der Waals surface area (Å²) >= 11 is 0. The summed E-state index contributed by atoms with van der Waals surface area (Å²) in [4.78, 5) is 38.1. The van der Waals surface area contributed by atoms with Gasteiger partial charge in [-0.05, 0) is 12.5 Å². The Morgan fingerprint density at radius 2 is 2.26 bits per heavy atom. The summed E-state index contributed by atoms with van der Waals surface area (Å²) in [6.45, 7) is 0. The number of aromatic nitrogens is 2. The van der Waals surface area contributed by atoms with Crippen molar-refractivity contribution >= 4 is 23.7 Å². The van der Waals surface area contributed by atoms with E-state index in [4.69, 9.17) is 0 Å². The van der Waals surface area contributed by atoms with E-state index in [1.807, 2.05) is 0 Å². The Morgan fingerprint density at radius 1 is 1.42 bits per heavy atom. The van der Waals surface area contributed by atoms with Crippen LogP contribution in [0.4, 0.5) is 0 Å². The Bertz CT molecular complexity index is 689. The van der Waals surface area contributed by atoms with Gasteiger partial charge in [0.25, 0.3) is 0 Å². The topological polar surface area (TPSA) is 80.5 Å². The molecule has 1 aliphatic rings. The first-order chi connectivity index (χ1) is 9.20. The van der Waals surface area contributed by atoms with Crippen LogP contribution < -0.4 is 5.32 Å². The van der Waals surface area contributed by atoms with E-state index in [-0.39, 0.29) is 11.8 Å². The van der Waals surface area contributed by atoms with E-state index in [1.165, 1.54) is 6.20 Å². The van der Waals surface area contributed by atoms with Crippen molar-refractivity contribution in [2.45, 2.75) is 18.8 Å². The van der Waals surface area contributed by atoms with E-state index in [1.54, 1.807) is 22.7 Å². The summed E-state index contributed by atoms with van der Waals surface area (Å²) in [7, 11) is 0. The second-order valence-electron chi connectivity index (χ2n) is 4.46. The maximum Gasteiger partial charge on any atom is 0.234 e. The van der Waals surface area contributed by atoms with Gasteiger partial charge in [-0.15, -0.1) is 0 Å². The molecule has 96 valence electrons. The van der Waals surface area contributed by atoms with Crippen LogP contribution in [0.15, 0.2) is 24.5 Å². The average Bonchev–Trinajstić information content (AvgIpc) is 2.82. The summed E-state index contributed by atoms with van der Waals surface area (Å²) in [6.07, 6.45) is 4.69. The molecule has 0 radical (unpaired) electrons. The molecule has 19 heavy (non-hydrogen) atoms. The number of nitrogens with zero attached hydrogens (tertiary/aromatic N) is 2. The van der Waals surface area contributed by atoms with Crippen molar-refractivity contribution in [3.8, 4) is 0 Å². The molecule has 2 aromatic heterocycles. The molecule has 0 aliphatic carbocycles. The lowest BCUT2D eigenvalue weighted by atomic mass is 9.91. The lowest BCUT2D eigenvalue weighted by molar-refractivity contribution is -0.134. The number of aldehydes is 1. The van der Waals surface area contributed by atoms with Crippen molar-refractivity contribution in [1.29, 1.82) is 0 Å². The average molecular weight is 257 g/mol. The molecule has 1 N–H and O–H groups in total. The monoisotopic (exact) mass is 257 g/mol. The Balaban J connectivity index is 2.10. The van der Waals surface area contributed by atoms with Crippen LogP contribution in [0.5, 0.6) is 0 Å². The third-order valence-corrected chi connectivity index (χ3v) is 3.33. The fourth-order valence-electron chi connectivity index (χ4n) is 2.40. The zero-order valence-corrected chi connectivity index (χ0v) is 10.00. The number of carbonyl (C=O) groups excluding carboxylic acids is 3. The van der Waals surface area contributed by atoms with Crippen LogP contribution in [0.1, 0.15) is 34.8 Å². The molecule has 6 heteroatoms. The normalized spacial score (nSPS) is 19.5. The SMILES string of the molecule is O=Cc1cnc2c(C3CCC(=O)NC3=O)cccn12. The number of fused-ring (bicyclic) bond motifs is 1. The first-order valence-electron chi connectivity index (χ1n) is 5.95. The van der Waals surface area contributed by atoms with Gasteiger partial charge in [0.15, 0.2) is 6.29 Å². The molecular formula is C13H11N3O3. The van der Waals surface area contributed by atoms with Crippen LogP contribution in [0, 0.1) is 0 Å². The molecule has 1 saturated heterocycles. The standard InChI is InChI=1S/C13H11N3O3/c17-7-8-6-14-12-9(2-1-5-16(8)12)10-3-4-11(18)15-13(10)19/h1-2,5-7,10H,3-4H2,(H,15,18,19). The molecule has 6 nitrogen and oxygen atoms in total. The molecule has 0 saturated carbocycles. The van der Waals surface area contributed by atoms with Gasteiger partial charge in [0.1, 0.15) is 11.3 Å². The molecule has 0 bridgehead atoms. The fraction of sp³-hybridized carbons (Fsp3) is 0.231. The van der Waals surface area contributed by atoms with Crippen molar-refractivity contribution in [2.24, 2.45) is 0 Å². The van der Waals surface area contributed by atoms with Crippen molar-refractivity contribution in [3.63, 3.8) is 0 Å². The fourth-order valence-corrected chi connectivity index (χ4v) is 2.40. The number of nitrogens with one attached hydrogen (secondary N) is 1. The molecule has 2 amide bonds. The zero-order valence-electron chi connectivity index (χ0n) is 10.00. The lowest BCUT2D eigenvalue weighted by Crippen LogP contribution is -2.39. The second-order valence-corrected chi connectivity index (χ2v) is 4.46. The molecule has 0 spiro atoms. The van der Waals surface area contributed by atoms with Crippen molar-refractivity contribution < 1.29 is 14.4 Å². The molecular weight excluding hydrogens is 246 g/mol. The highest BCUT2D eigenvalue weighted by molar-refractivity contribution is 6.01. The van der Waals surface area contributed by atoms with E-state index >= 15 is 0 Å². The predicted octanol–water partition coefficient (Wildman–Crippen LogP) is 0.667. The van der Waals surface area contributed by atoms with Crippen molar-refractivity contribution in [3.05, 3.63) is 35.8 Å². The molecule has 1 unspecified atom stereocenters. The molecule has 3 heterocycles. The first-order valence-corrected chi connectivity index (χ1v) is 5.95. The van der Waals surface area contributed by atoms with Gasteiger partial charge >= 0.3 is 0 Å². The molecule has 3 rings (SSSR count).